The van der Waals surface area contributed by atoms with E-state index in [-0.39, 0.29) is 18.1 Å². The molecule has 5 aromatic rings. The van der Waals surface area contributed by atoms with E-state index in [1.807, 2.05) is 102 Å². The summed E-state index contributed by atoms with van der Waals surface area (Å²) in [6.07, 6.45) is 4.27. The van der Waals surface area contributed by atoms with Gasteiger partial charge in [0.1, 0.15) is 11.8 Å². The van der Waals surface area contributed by atoms with Crippen LogP contribution in [0.5, 0.6) is 5.75 Å². The summed E-state index contributed by atoms with van der Waals surface area (Å²) in [4.78, 5) is 40.3. The van der Waals surface area contributed by atoms with E-state index < -0.39 is 12.0 Å². The molecule has 5 rings (SSSR count). The third-order valence-corrected chi connectivity index (χ3v) is 7.79. The molecule has 0 spiro atoms. The number of ketones is 1. The van der Waals surface area contributed by atoms with Crippen LogP contribution in [0.1, 0.15) is 39.0 Å². The van der Waals surface area contributed by atoms with E-state index >= 15 is 0 Å². The van der Waals surface area contributed by atoms with Crippen LogP contribution in [0.25, 0.3) is 6.08 Å². The van der Waals surface area contributed by atoms with E-state index in [1.165, 1.54) is 0 Å². The Labute approximate surface area is 281 Å². The van der Waals surface area contributed by atoms with E-state index in [0.717, 1.165) is 16.7 Å². The van der Waals surface area contributed by atoms with Crippen molar-refractivity contribution in [1.29, 1.82) is 0 Å². The second-order valence-corrected chi connectivity index (χ2v) is 11.3. The first kappa shape index (κ1) is 33.4. The molecule has 2 N–H and O–H groups in total. The number of carboxylic acid groups (broad SMARTS) is 1. The Morgan fingerprint density at radius 2 is 1.35 bits per heavy atom. The molecule has 0 radical (unpaired) electrons. The van der Waals surface area contributed by atoms with Gasteiger partial charge < -0.3 is 20.1 Å². The number of anilines is 1. The van der Waals surface area contributed by atoms with Crippen molar-refractivity contribution in [3.8, 4) is 5.75 Å². The molecule has 0 fully saturated rings. The zero-order valence-corrected chi connectivity index (χ0v) is 26.6. The fourth-order valence-corrected chi connectivity index (χ4v) is 5.25. The molecule has 0 aliphatic rings. The van der Waals surface area contributed by atoms with Crippen molar-refractivity contribution in [1.82, 2.24) is 4.90 Å². The Balaban J connectivity index is 1.16. The normalized spacial score (nSPS) is 11.5. The third kappa shape index (κ3) is 9.77. The first-order chi connectivity index (χ1) is 23.5. The van der Waals surface area contributed by atoms with Crippen molar-refractivity contribution >= 4 is 29.4 Å². The number of ether oxygens (including phenoxy) is 1. The van der Waals surface area contributed by atoms with Gasteiger partial charge in [-0.25, -0.2) is 4.79 Å². The predicted octanol–water partition coefficient (Wildman–Crippen LogP) is 7.54. The zero-order chi connectivity index (χ0) is 33.6. The predicted molar refractivity (Wildman–Crippen MR) is 189 cm³/mol. The van der Waals surface area contributed by atoms with Crippen LogP contribution in [0.3, 0.4) is 0 Å². The quantitative estimate of drug-likeness (QED) is 0.0659. The second-order valence-electron chi connectivity index (χ2n) is 11.3. The van der Waals surface area contributed by atoms with Gasteiger partial charge in [-0.05, 0) is 53.5 Å². The van der Waals surface area contributed by atoms with Crippen LogP contribution in [-0.2, 0) is 22.6 Å². The number of nitrogens with zero attached hydrogens (tertiary/aromatic N) is 1. The molecule has 48 heavy (non-hydrogen) atoms. The lowest BCUT2D eigenvalue weighted by Crippen LogP contribution is -2.32. The lowest BCUT2D eigenvalue weighted by Gasteiger charge is -2.21. The summed E-state index contributed by atoms with van der Waals surface area (Å²) in [6, 6.07) is 41.8. The summed E-state index contributed by atoms with van der Waals surface area (Å²) < 4.78 is 5.98. The summed E-state index contributed by atoms with van der Waals surface area (Å²) in [7, 11) is 0. The molecule has 242 valence electrons. The number of hydrogen-bond acceptors (Lipinski definition) is 5. The zero-order valence-electron chi connectivity index (χ0n) is 26.6. The maximum atomic E-state index is 13.1. The first-order valence-corrected chi connectivity index (χ1v) is 15.9. The number of carboxylic acids is 1. The maximum absolute atomic E-state index is 13.1. The Morgan fingerprint density at radius 3 is 2.04 bits per heavy atom. The minimum Gasteiger partial charge on any atom is -0.494 e. The van der Waals surface area contributed by atoms with Crippen molar-refractivity contribution in [2.45, 2.75) is 25.4 Å². The van der Waals surface area contributed by atoms with E-state index in [2.05, 4.69) is 5.32 Å². The lowest BCUT2D eigenvalue weighted by molar-refractivity contribution is -0.137. The number of aliphatic carboxylic acids is 1. The van der Waals surface area contributed by atoms with Crippen molar-refractivity contribution in [2.75, 3.05) is 18.5 Å². The number of benzene rings is 5. The third-order valence-electron chi connectivity index (χ3n) is 7.79. The highest BCUT2D eigenvalue weighted by Gasteiger charge is 2.21. The summed E-state index contributed by atoms with van der Waals surface area (Å²) in [6.45, 7) is 1.42. The van der Waals surface area contributed by atoms with Crippen molar-refractivity contribution in [2.24, 2.45) is 0 Å². The van der Waals surface area contributed by atoms with Crippen LogP contribution in [-0.4, -0.2) is 46.9 Å². The van der Waals surface area contributed by atoms with Gasteiger partial charge in [0.25, 0.3) is 0 Å². The highest BCUT2D eigenvalue weighted by Crippen LogP contribution is 2.22. The van der Waals surface area contributed by atoms with Gasteiger partial charge >= 0.3 is 5.97 Å². The van der Waals surface area contributed by atoms with Gasteiger partial charge in [-0.2, -0.15) is 0 Å². The molecule has 0 aliphatic heterocycles. The maximum Gasteiger partial charge on any atom is 0.326 e. The SMILES string of the molecule is O=C(c1ccccc1)c1ccccc1N[C@@H](Cc1ccc(OCCCN(Cc2ccccc2)C(=O)C=Cc2ccccc2)cc1)C(=O)O. The number of carbonyl (C=O) groups is 3. The lowest BCUT2D eigenvalue weighted by atomic mass is 10.00. The molecular formula is C41H38N2O5. The second kappa shape index (κ2) is 17.1. The van der Waals surface area contributed by atoms with E-state index in [0.29, 0.717) is 48.7 Å². The van der Waals surface area contributed by atoms with E-state index in [4.69, 9.17) is 4.74 Å². The van der Waals surface area contributed by atoms with Gasteiger partial charge in [-0.15, -0.1) is 0 Å². The summed E-state index contributed by atoms with van der Waals surface area (Å²) in [5, 5.41) is 13.1. The van der Waals surface area contributed by atoms with Gasteiger partial charge in [0.15, 0.2) is 5.78 Å². The highest BCUT2D eigenvalue weighted by molar-refractivity contribution is 6.12. The Kier molecular flexibility index (Phi) is 11.9. The van der Waals surface area contributed by atoms with Gasteiger partial charge in [0.05, 0.1) is 6.61 Å². The minimum absolute atomic E-state index is 0.0688. The molecule has 0 aliphatic carbocycles. The molecule has 0 unspecified atom stereocenters. The summed E-state index contributed by atoms with van der Waals surface area (Å²) >= 11 is 0. The van der Waals surface area contributed by atoms with Gasteiger partial charge in [0, 0.05) is 42.4 Å². The summed E-state index contributed by atoms with van der Waals surface area (Å²) in [5.41, 5.74) is 4.23. The van der Waals surface area contributed by atoms with Crippen LogP contribution < -0.4 is 10.1 Å². The molecule has 0 bridgehead atoms. The monoisotopic (exact) mass is 638 g/mol. The Morgan fingerprint density at radius 1 is 0.729 bits per heavy atom. The number of hydrogen-bond donors (Lipinski definition) is 2. The molecule has 1 atom stereocenters. The molecule has 0 aromatic heterocycles. The number of rotatable bonds is 16. The van der Waals surface area contributed by atoms with Gasteiger partial charge in [0.2, 0.25) is 5.91 Å². The number of amides is 1. The van der Waals surface area contributed by atoms with Crippen LogP contribution in [0.15, 0.2) is 146 Å². The standard InChI is InChI=1S/C41H38N2O5/c44-39(26-23-31-13-4-1-5-14-31)43(30-33-15-6-2-7-16-33)27-12-28-48-35-24-21-32(22-25-35)29-38(41(46)47)42-37-20-11-10-19-36(37)40(45)34-17-8-3-9-18-34/h1-11,13-26,38,42H,12,27-30H2,(H,46,47)/t38-/m0/s1. The number of nitrogens with one attached hydrogen (secondary N) is 1. The average Bonchev–Trinajstić information content (AvgIpc) is 3.13. The van der Waals surface area contributed by atoms with Crippen molar-refractivity contribution in [3.05, 3.63) is 173 Å². The molecule has 0 saturated carbocycles. The van der Waals surface area contributed by atoms with E-state index in [9.17, 15) is 19.5 Å². The number of carbonyl (C=O) groups excluding carboxylic acids is 2. The number of para-hydroxylation sites is 1. The molecular weight excluding hydrogens is 600 g/mol. The van der Waals surface area contributed by atoms with Crippen LogP contribution in [0, 0.1) is 0 Å². The molecule has 7 heteroatoms. The molecule has 7 nitrogen and oxygen atoms in total. The topological polar surface area (TPSA) is 95.9 Å². The Hall–Kier alpha value is -5.95. The highest BCUT2D eigenvalue weighted by atomic mass is 16.5. The largest absolute Gasteiger partial charge is 0.494 e. The minimum atomic E-state index is -1.02. The molecule has 5 aromatic carbocycles. The average molecular weight is 639 g/mol. The molecule has 0 heterocycles. The smallest absolute Gasteiger partial charge is 0.326 e. The Bertz CT molecular complexity index is 1810. The fraction of sp³-hybridized carbons (Fsp3) is 0.146. The molecule has 0 saturated heterocycles. The fourth-order valence-electron chi connectivity index (χ4n) is 5.25. The van der Waals surface area contributed by atoms with Crippen LogP contribution in [0.4, 0.5) is 5.69 Å². The van der Waals surface area contributed by atoms with Crippen LogP contribution >= 0.6 is 0 Å². The van der Waals surface area contributed by atoms with Crippen molar-refractivity contribution in [3.63, 3.8) is 0 Å². The first-order valence-electron chi connectivity index (χ1n) is 15.9. The van der Waals surface area contributed by atoms with Crippen LogP contribution in [0.2, 0.25) is 0 Å². The van der Waals surface area contributed by atoms with Crippen molar-refractivity contribution < 1.29 is 24.2 Å². The summed E-state index contributed by atoms with van der Waals surface area (Å²) in [5.74, 6) is -0.617. The van der Waals surface area contributed by atoms with Gasteiger partial charge in [-0.3, -0.25) is 9.59 Å². The van der Waals surface area contributed by atoms with Gasteiger partial charge in [-0.1, -0.05) is 115 Å². The van der Waals surface area contributed by atoms with E-state index in [1.54, 1.807) is 54.6 Å². The molecule has 1 amide bonds.